The van der Waals surface area contributed by atoms with E-state index >= 15 is 0 Å². The predicted octanol–water partition coefficient (Wildman–Crippen LogP) is 2.14. The van der Waals surface area contributed by atoms with Crippen molar-refractivity contribution in [1.82, 2.24) is 5.32 Å². The lowest BCUT2D eigenvalue weighted by Gasteiger charge is -2.05. The average Bonchev–Trinajstić information content (AvgIpc) is 2.92. The second kappa shape index (κ2) is 7.07. The number of carbonyl (C=O) groups is 1. The highest BCUT2D eigenvalue weighted by Crippen LogP contribution is 2.09. The molecule has 0 fully saturated rings. The van der Waals surface area contributed by atoms with Crippen LogP contribution in [0.4, 0.5) is 0 Å². The highest BCUT2D eigenvalue weighted by atomic mass is 32.1. The summed E-state index contributed by atoms with van der Waals surface area (Å²) in [6.07, 6.45) is 1.27. The quantitative estimate of drug-likeness (QED) is 0.848. The van der Waals surface area contributed by atoms with E-state index in [4.69, 9.17) is 5.11 Å². The standard InChI is InChI=1S/C15H17NO2S/c17-11-13-5-3-12(4-6-13)7-8-16-15(18)10-14-2-1-9-19-14/h1-6,9,17H,7-8,10-11H2,(H,16,18). The van der Waals surface area contributed by atoms with E-state index in [9.17, 15) is 4.79 Å². The van der Waals surface area contributed by atoms with Crippen molar-refractivity contribution in [3.05, 3.63) is 57.8 Å². The zero-order valence-electron chi connectivity index (χ0n) is 10.6. The summed E-state index contributed by atoms with van der Waals surface area (Å²) in [5, 5.41) is 13.8. The SMILES string of the molecule is O=C(Cc1cccs1)NCCc1ccc(CO)cc1. The summed E-state index contributed by atoms with van der Waals surface area (Å²) in [6, 6.07) is 11.7. The zero-order chi connectivity index (χ0) is 13.5. The molecule has 0 aliphatic rings. The number of hydrogen-bond acceptors (Lipinski definition) is 3. The molecule has 0 aliphatic carbocycles. The molecule has 0 saturated heterocycles. The van der Waals surface area contributed by atoms with Crippen molar-refractivity contribution in [3.63, 3.8) is 0 Å². The van der Waals surface area contributed by atoms with Gasteiger partial charge in [-0.2, -0.15) is 0 Å². The zero-order valence-corrected chi connectivity index (χ0v) is 11.5. The van der Waals surface area contributed by atoms with E-state index in [0.717, 1.165) is 22.4 Å². The van der Waals surface area contributed by atoms with E-state index in [1.807, 2.05) is 41.8 Å². The molecule has 0 spiro atoms. The molecule has 100 valence electrons. The van der Waals surface area contributed by atoms with Crippen molar-refractivity contribution in [3.8, 4) is 0 Å². The number of benzene rings is 1. The van der Waals surface area contributed by atoms with E-state index in [0.29, 0.717) is 13.0 Å². The second-order valence-corrected chi connectivity index (χ2v) is 5.36. The summed E-state index contributed by atoms with van der Waals surface area (Å²) in [5.74, 6) is 0.0643. The van der Waals surface area contributed by atoms with Crippen molar-refractivity contribution >= 4 is 17.2 Å². The largest absolute Gasteiger partial charge is 0.392 e. The lowest BCUT2D eigenvalue weighted by atomic mass is 10.1. The van der Waals surface area contributed by atoms with Crippen molar-refractivity contribution in [2.75, 3.05) is 6.54 Å². The Morgan fingerprint density at radius 1 is 1.16 bits per heavy atom. The monoisotopic (exact) mass is 275 g/mol. The van der Waals surface area contributed by atoms with Crippen LogP contribution in [-0.2, 0) is 24.2 Å². The van der Waals surface area contributed by atoms with Gasteiger partial charge in [-0.25, -0.2) is 0 Å². The van der Waals surface area contributed by atoms with Crippen LogP contribution >= 0.6 is 11.3 Å². The predicted molar refractivity (Wildman–Crippen MR) is 77.1 cm³/mol. The molecule has 1 amide bonds. The molecule has 1 heterocycles. The molecular formula is C15H17NO2S. The fourth-order valence-electron chi connectivity index (χ4n) is 1.79. The Labute approximate surface area is 116 Å². The number of hydrogen-bond donors (Lipinski definition) is 2. The van der Waals surface area contributed by atoms with E-state index in [1.165, 1.54) is 0 Å². The van der Waals surface area contributed by atoms with Gasteiger partial charge in [0.05, 0.1) is 13.0 Å². The Bertz CT molecular complexity index is 505. The Morgan fingerprint density at radius 3 is 2.53 bits per heavy atom. The minimum atomic E-state index is 0.0643. The molecule has 0 atom stereocenters. The Balaban J connectivity index is 1.72. The van der Waals surface area contributed by atoms with Gasteiger partial charge in [0.2, 0.25) is 5.91 Å². The Morgan fingerprint density at radius 2 is 1.89 bits per heavy atom. The lowest BCUT2D eigenvalue weighted by Crippen LogP contribution is -2.26. The van der Waals surface area contributed by atoms with Gasteiger partial charge in [0.25, 0.3) is 0 Å². The molecule has 0 aliphatic heterocycles. The molecule has 4 heteroatoms. The summed E-state index contributed by atoms with van der Waals surface area (Å²) < 4.78 is 0. The van der Waals surface area contributed by atoms with E-state index < -0.39 is 0 Å². The summed E-state index contributed by atoms with van der Waals surface area (Å²) in [4.78, 5) is 12.8. The van der Waals surface area contributed by atoms with Gasteiger partial charge in [0, 0.05) is 11.4 Å². The number of amides is 1. The highest BCUT2D eigenvalue weighted by Gasteiger charge is 2.03. The number of carbonyl (C=O) groups excluding carboxylic acids is 1. The summed E-state index contributed by atoms with van der Waals surface area (Å²) >= 11 is 1.60. The first kappa shape index (κ1) is 13.8. The van der Waals surface area contributed by atoms with Gasteiger partial charge in [-0.15, -0.1) is 11.3 Å². The molecule has 2 N–H and O–H groups in total. The average molecular weight is 275 g/mol. The normalized spacial score (nSPS) is 10.4. The smallest absolute Gasteiger partial charge is 0.225 e. The maximum Gasteiger partial charge on any atom is 0.225 e. The molecule has 0 bridgehead atoms. The summed E-state index contributed by atoms with van der Waals surface area (Å²) in [6.45, 7) is 0.709. The molecule has 0 unspecified atom stereocenters. The molecule has 1 aromatic carbocycles. The lowest BCUT2D eigenvalue weighted by molar-refractivity contribution is -0.120. The summed E-state index contributed by atoms with van der Waals surface area (Å²) in [5.41, 5.74) is 2.07. The van der Waals surface area contributed by atoms with E-state index in [2.05, 4.69) is 5.32 Å². The molecule has 0 radical (unpaired) electrons. The van der Waals surface area contributed by atoms with Gasteiger partial charge in [-0.05, 0) is 29.0 Å². The summed E-state index contributed by atoms with van der Waals surface area (Å²) in [7, 11) is 0. The fraction of sp³-hybridized carbons (Fsp3) is 0.267. The van der Waals surface area contributed by atoms with Crippen LogP contribution in [0.5, 0.6) is 0 Å². The van der Waals surface area contributed by atoms with E-state index in [-0.39, 0.29) is 12.5 Å². The van der Waals surface area contributed by atoms with Gasteiger partial charge in [0.1, 0.15) is 0 Å². The molecular weight excluding hydrogens is 258 g/mol. The maximum absolute atomic E-state index is 11.7. The Kier molecular flexibility index (Phi) is 5.12. The van der Waals surface area contributed by atoms with Crippen molar-refractivity contribution in [2.24, 2.45) is 0 Å². The third-order valence-electron chi connectivity index (χ3n) is 2.86. The van der Waals surface area contributed by atoms with Crippen LogP contribution in [0.3, 0.4) is 0 Å². The van der Waals surface area contributed by atoms with Crippen LogP contribution in [-0.4, -0.2) is 17.6 Å². The van der Waals surface area contributed by atoms with Crippen LogP contribution < -0.4 is 5.32 Å². The van der Waals surface area contributed by atoms with Crippen LogP contribution in [0.2, 0.25) is 0 Å². The first-order valence-corrected chi connectivity index (χ1v) is 7.13. The van der Waals surface area contributed by atoms with Gasteiger partial charge >= 0.3 is 0 Å². The van der Waals surface area contributed by atoms with Crippen molar-refractivity contribution in [2.45, 2.75) is 19.4 Å². The van der Waals surface area contributed by atoms with Crippen molar-refractivity contribution in [1.29, 1.82) is 0 Å². The fourth-order valence-corrected chi connectivity index (χ4v) is 2.49. The minimum absolute atomic E-state index is 0.0643. The third-order valence-corrected chi connectivity index (χ3v) is 3.73. The second-order valence-electron chi connectivity index (χ2n) is 4.33. The number of rotatable bonds is 6. The van der Waals surface area contributed by atoms with Gasteiger partial charge < -0.3 is 10.4 Å². The number of aliphatic hydroxyl groups is 1. The molecule has 2 rings (SSSR count). The highest BCUT2D eigenvalue weighted by molar-refractivity contribution is 7.10. The Hall–Kier alpha value is -1.65. The van der Waals surface area contributed by atoms with E-state index in [1.54, 1.807) is 11.3 Å². The molecule has 1 aromatic heterocycles. The van der Waals surface area contributed by atoms with Crippen molar-refractivity contribution < 1.29 is 9.90 Å². The van der Waals surface area contributed by atoms with Gasteiger partial charge in [-0.1, -0.05) is 30.3 Å². The van der Waals surface area contributed by atoms with Gasteiger partial charge in [-0.3, -0.25) is 4.79 Å². The minimum Gasteiger partial charge on any atom is -0.392 e. The van der Waals surface area contributed by atoms with Gasteiger partial charge in [0.15, 0.2) is 0 Å². The number of aliphatic hydroxyl groups excluding tert-OH is 1. The number of nitrogens with one attached hydrogen (secondary N) is 1. The maximum atomic E-state index is 11.7. The van der Waals surface area contributed by atoms with Crippen LogP contribution in [0.15, 0.2) is 41.8 Å². The third kappa shape index (κ3) is 4.50. The molecule has 0 saturated carbocycles. The molecule has 2 aromatic rings. The van der Waals surface area contributed by atoms with Crippen LogP contribution in [0.25, 0.3) is 0 Å². The van der Waals surface area contributed by atoms with Crippen LogP contribution in [0, 0.1) is 0 Å². The number of thiophene rings is 1. The first-order chi connectivity index (χ1) is 9.28. The van der Waals surface area contributed by atoms with Crippen LogP contribution in [0.1, 0.15) is 16.0 Å². The molecule has 19 heavy (non-hydrogen) atoms. The topological polar surface area (TPSA) is 49.3 Å². The first-order valence-electron chi connectivity index (χ1n) is 6.25. The molecule has 3 nitrogen and oxygen atoms in total.